The Bertz CT molecular complexity index is 1510. The van der Waals surface area contributed by atoms with Crippen LogP contribution in [0.2, 0.25) is 0 Å². The van der Waals surface area contributed by atoms with Gasteiger partial charge < -0.3 is 20.8 Å². The first-order chi connectivity index (χ1) is 17.3. The first-order valence-corrected chi connectivity index (χ1v) is 11.4. The second kappa shape index (κ2) is 9.14. The van der Waals surface area contributed by atoms with E-state index in [0.717, 1.165) is 16.7 Å². The van der Waals surface area contributed by atoms with Gasteiger partial charge in [-0.05, 0) is 60.2 Å². The maximum Gasteiger partial charge on any atom is 0.335 e. The van der Waals surface area contributed by atoms with Gasteiger partial charge in [-0.15, -0.1) is 0 Å². The van der Waals surface area contributed by atoms with E-state index in [1.807, 2.05) is 0 Å². The zero-order valence-corrected chi connectivity index (χ0v) is 19.4. The van der Waals surface area contributed by atoms with Crippen LogP contribution in [0.5, 0.6) is 5.75 Å². The molecule has 10 heteroatoms. The fraction of sp³-hybridized carbons (Fsp3) is 0.192. The molecular formula is C26H23N5O5. The molecule has 0 saturated carbocycles. The van der Waals surface area contributed by atoms with Crippen LogP contribution in [0.1, 0.15) is 66.1 Å². The number of aromatic nitrogens is 3. The van der Waals surface area contributed by atoms with Crippen LogP contribution in [0.25, 0.3) is 5.65 Å². The fourth-order valence-corrected chi connectivity index (χ4v) is 4.57. The van der Waals surface area contributed by atoms with Gasteiger partial charge in [-0.3, -0.25) is 9.59 Å². The van der Waals surface area contributed by atoms with E-state index in [1.165, 1.54) is 28.9 Å². The number of carboxylic acids is 1. The molecule has 10 nitrogen and oxygen atoms in total. The molecule has 0 spiro atoms. The molecule has 1 aliphatic rings. The van der Waals surface area contributed by atoms with Crippen molar-refractivity contribution in [1.29, 1.82) is 0 Å². The van der Waals surface area contributed by atoms with Crippen LogP contribution in [0.4, 0.5) is 0 Å². The van der Waals surface area contributed by atoms with E-state index in [4.69, 9.17) is 0 Å². The number of aromatic carboxylic acids is 1. The van der Waals surface area contributed by atoms with Crippen LogP contribution in [0, 0.1) is 6.92 Å². The zero-order chi connectivity index (χ0) is 25.4. The summed E-state index contributed by atoms with van der Waals surface area (Å²) in [6.45, 7) is 2.01. The summed E-state index contributed by atoms with van der Waals surface area (Å²) in [5.74, 6) is -1.71. The van der Waals surface area contributed by atoms with E-state index >= 15 is 0 Å². The van der Waals surface area contributed by atoms with Crippen LogP contribution in [0.15, 0.2) is 54.7 Å². The molecule has 4 N–H and O–H groups in total. The summed E-state index contributed by atoms with van der Waals surface area (Å²) in [4.78, 5) is 41.9. The molecule has 0 saturated heterocycles. The highest BCUT2D eigenvalue weighted by molar-refractivity contribution is 5.98. The van der Waals surface area contributed by atoms with Crippen molar-refractivity contribution in [3.05, 3.63) is 93.9 Å². The number of nitrogens with one attached hydrogen (secondary N) is 2. The Kier molecular flexibility index (Phi) is 5.85. The quantitative estimate of drug-likeness (QED) is 0.328. The number of amides is 2. The molecule has 0 bridgehead atoms. The number of benzene rings is 2. The molecule has 0 aliphatic heterocycles. The van der Waals surface area contributed by atoms with Crippen molar-refractivity contribution >= 4 is 23.4 Å². The zero-order valence-electron chi connectivity index (χ0n) is 19.4. The Morgan fingerprint density at radius 1 is 1.08 bits per heavy atom. The largest absolute Gasteiger partial charge is 0.508 e. The maximum atomic E-state index is 13.3. The van der Waals surface area contributed by atoms with Gasteiger partial charge in [-0.25, -0.2) is 14.3 Å². The SMILES string of the molecule is Cc1c(C(=O)O)ccc2c1CC[C@@H]2NC(=O)c1cc(C(=O)NCc2ccc(O)cc2)nc2ccnn12. The lowest BCUT2D eigenvalue weighted by Crippen LogP contribution is -2.30. The van der Waals surface area contributed by atoms with E-state index in [2.05, 4.69) is 20.7 Å². The number of hydrogen-bond donors (Lipinski definition) is 4. The smallest absolute Gasteiger partial charge is 0.335 e. The first-order valence-electron chi connectivity index (χ1n) is 11.4. The number of nitrogens with zero attached hydrogens (tertiary/aromatic N) is 3. The highest BCUT2D eigenvalue weighted by atomic mass is 16.4. The molecule has 0 unspecified atom stereocenters. The van der Waals surface area contributed by atoms with Crippen LogP contribution in [0.3, 0.4) is 0 Å². The van der Waals surface area contributed by atoms with E-state index in [0.29, 0.717) is 24.1 Å². The molecule has 2 heterocycles. The van der Waals surface area contributed by atoms with Gasteiger partial charge in [0.25, 0.3) is 11.8 Å². The average molecular weight is 486 g/mol. The lowest BCUT2D eigenvalue weighted by molar-refractivity contribution is 0.0695. The topological polar surface area (TPSA) is 146 Å². The molecule has 1 aliphatic carbocycles. The number of carbonyl (C=O) groups excluding carboxylic acids is 2. The standard InChI is InChI=1S/C26H23N5O5/c1-14-17-8-9-20(19(17)7-6-18(14)26(35)36)30-25(34)22-12-21(29-23-10-11-28-31(22)23)24(33)27-13-15-2-4-16(32)5-3-15/h2-7,10-12,20,32H,8-9,13H2,1H3,(H,27,33)(H,30,34)(H,35,36)/t20-/m0/s1. The van der Waals surface area contributed by atoms with Gasteiger partial charge in [-0.1, -0.05) is 18.2 Å². The molecular weight excluding hydrogens is 462 g/mol. The van der Waals surface area contributed by atoms with Gasteiger partial charge in [0.05, 0.1) is 17.8 Å². The molecule has 0 radical (unpaired) electrons. The third-order valence-electron chi connectivity index (χ3n) is 6.44. The molecule has 2 amide bonds. The molecule has 1 atom stereocenters. The summed E-state index contributed by atoms with van der Waals surface area (Å²) >= 11 is 0. The Balaban J connectivity index is 1.38. The van der Waals surface area contributed by atoms with Crippen molar-refractivity contribution in [2.75, 3.05) is 0 Å². The average Bonchev–Trinajstić information content (AvgIpc) is 3.50. The molecule has 5 rings (SSSR count). The number of fused-ring (bicyclic) bond motifs is 2. The van der Waals surface area contributed by atoms with E-state index < -0.39 is 17.8 Å². The number of phenols is 1. The normalized spacial score (nSPS) is 14.4. The van der Waals surface area contributed by atoms with E-state index in [-0.39, 0.29) is 35.3 Å². The molecule has 0 fully saturated rings. The van der Waals surface area contributed by atoms with Gasteiger partial charge in [0, 0.05) is 18.7 Å². The molecule has 2 aromatic carbocycles. The van der Waals surface area contributed by atoms with Gasteiger partial charge in [0.2, 0.25) is 0 Å². The minimum Gasteiger partial charge on any atom is -0.508 e. The molecule has 4 aromatic rings. The second-order valence-electron chi connectivity index (χ2n) is 8.65. The van der Waals surface area contributed by atoms with Crippen molar-refractivity contribution in [2.45, 2.75) is 32.4 Å². The van der Waals surface area contributed by atoms with Crippen LogP contribution >= 0.6 is 0 Å². The summed E-state index contributed by atoms with van der Waals surface area (Å²) < 4.78 is 1.38. The number of phenolic OH excluding ortho intramolecular Hbond substituents is 1. The van der Waals surface area contributed by atoms with Crippen molar-refractivity contribution in [2.24, 2.45) is 0 Å². The van der Waals surface area contributed by atoms with Crippen molar-refractivity contribution in [1.82, 2.24) is 25.2 Å². The summed E-state index contributed by atoms with van der Waals surface area (Å²) in [5, 5.41) is 28.8. The fourth-order valence-electron chi connectivity index (χ4n) is 4.57. The van der Waals surface area contributed by atoms with Crippen molar-refractivity contribution in [3.8, 4) is 5.75 Å². The summed E-state index contributed by atoms with van der Waals surface area (Å²) in [5.41, 5.74) is 4.18. The maximum absolute atomic E-state index is 13.3. The van der Waals surface area contributed by atoms with E-state index in [9.17, 15) is 24.6 Å². The molecule has 182 valence electrons. The summed E-state index contributed by atoms with van der Waals surface area (Å²) in [6, 6.07) is 12.5. The van der Waals surface area contributed by atoms with Crippen LogP contribution in [-0.2, 0) is 13.0 Å². The Morgan fingerprint density at radius 2 is 1.86 bits per heavy atom. The number of rotatable bonds is 6. The van der Waals surface area contributed by atoms with E-state index in [1.54, 1.807) is 37.3 Å². The second-order valence-corrected chi connectivity index (χ2v) is 8.65. The number of aromatic hydroxyl groups is 1. The van der Waals surface area contributed by atoms with Crippen molar-refractivity contribution < 1.29 is 24.6 Å². The third-order valence-corrected chi connectivity index (χ3v) is 6.44. The van der Waals surface area contributed by atoms with Gasteiger partial charge in [0.15, 0.2) is 5.65 Å². The summed E-state index contributed by atoms with van der Waals surface area (Å²) in [7, 11) is 0. The number of carbonyl (C=O) groups is 3. The minimum absolute atomic E-state index is 0.0701. The van der Waals surface area contributed by atoms with Gasteiger partial charge in [-0.2, -0.15) is 5.10 Å². The Hall–Kier alpha value is -4.73. The van der Waals surface area contributed by atoms with Crippen molar-refractivity contribution in [3.63, 3.8) is 0 Å². The lowest BCUT2D eigenvalue weighted by Gasteiger charge is -2.16. The molecule has 36 heavy (non-hydrogen) atoms. The van der Waals surface area contributed by atoms with Gasteiger partial charge in [0.1, 0.15) is 17.1 Å². The van der Waals surface area contributed by atoms with Gasteiger partial charge >= 0.3 is 5.97 Å². The summed E-state index contributed by atoms with van der Waals surface area (Å²) in [6.07, 6.45) is 2.79. The number of carboxylic acid groups (broad SMARTS) is 1. The highest BCUT2D eigenvalue weighted by Crippen LogP contribution is 2.35. The highest BCUT2D eigenvalue weighted by Gasteiger charge is 2.28. The number of hydrogen-bond acceptors (Lipinski definition) is 6. The monoisotopic (exact) mass is 485 g/mol. The molecule has 2 aromatic heterocycles. The Morgan fingerprint density at radius 3 is 2.61 bits per heavy atom. The Labute approximate surface area is 205 Å². The van der Waals surface area contributed by atoms with Crippen LogP contribution in [-0.4, -0.2) is 42.6 Å². The third kappa shape index (κ3) is 4.24. The predicted octanol–water partition coefficient (Wildman–Crippen LogP) is 2.79. The van der Waals surface area contributed by atoms with Crippen LogP contribution < -0.4 is 10.6 Å². The first kappa shape index (κ1) is 23.0. The lowest BCUT2D eigenvalue weighted by atomic mass is 9.98. The predicted molar refractivity (Wildman–Crippen MR) is 129 cm³/mol. The minimum atomic E-state index is -0.975.